The van der Waals surface area contributed by atoms with E-state index in [1.807, 2.05) is 0 Å². The lowest BCUT2D eigenvalue weighted by atomic mass is 10.1. The van der Waals surface area contributed by atoms with Gasteiger partial charge in [0.05, 0.1) is 23.3 Å². The Bertz CT molecular complexity index is 713. The van der Waals surface area contributed by atoms with Crippen LogP contribution in [0.1, 0.15) is 16.8 Å². The summed E-state index contributed by atoms with van der Waals surface area (Å²) in [5.74, 6) is -1.15. The van der Waals surface area contributed by atoms with Gasteiger partial charge in [-0.3, -0.25) is 14.9 Å². The minimum absolute atomic E-state index is 0.0111. The number of amides is 1. The van der Waals surface area contributed by atoms with Gasteiger partial charge in [0.2, 0.25) is 5.91 Å². The number of azide groups is 1. The number of carbonyl (C=O) groups excluding carboxylic acids is 2. The maximum Gasteiger partial charge on any atom is 0.338 e. The highest BCUT2D eigenvalue weighted by Gasteiger charge is 2.31. The Kier molecular flexibility index (Phi) is 4.77. The van der Waals surface area contributed by atoms with Crippen LogP contribution in [0.5, 0.6) is 0 Å². The Balaban J connectivity index is 2.36. The first kappa shape index (κ1) is 16.2. The molecule has 1 aromatic carbocycles. The number of anilines is 1. The van der Waals surface area contributed by atoms with Crippen molar-refractivity contribution in [2.75, 3.05) is 25.1 Å². The van der Waals surface area contributed by atoms with Crippen LogP contribution in [0.2, 0.25) is 0 Å². The molecule has 0 radical (unpaired) electrons. The summed E-state index contributed by atoms with van der Waals surface area (Å²) in [6.45, 7) is 0.428. The molecule has 1 unspecified atom stereocenters. The highest BCUT2D eigenvalue weighted by molar-refractivity contribution is 5.98. The molecule has 1 aliphatic rings. The lowest BCUT2D eigenvalue weighted by molar-refractivity contribution is -0.384. The fourth-order valence-electron chi connectivity index (χ4n) is 2.40. The summed E-state index contributed by atoms with van der Waals surface area (Å²) in [5, 5.41) is 14.5. The van der Waals surface area contributed by atoms with E-state index < -0.39 is 10.9 Å². The number of nitro groups is 1. The number of nitro benzene ring substituents is 1. The normalized spacial score (nSPS) is 16.8. The first-order chi connectivity index (χ1) is 11.0. The number of non-ortho nitro benzene ring substituents is 1. The molecule has 0 spiro atoms. The van der Waals surface area contributed by atoms with Gasteiger partial charge in [-0.15, -0.1) is 0 Å². The maximum absolute atomic E-state index is 12.1. The predicted molar refractivity (Wildman–Crippen MR) is 78.9 cm³/mol. The van der Waals surface area contributed by atoms with Crippen LogP contribution in [0.4, 0.5) is 11.4 Å². The van der Waals surface area contributed by atoms with Crippen molar-refractivity contribution in [2.45, 2.75) is 6.42 Å². The van der Waals surface area contributed by atoms with Gasteiger partial charge in [-0.1, -0.05) is 5.11 Å². The van der Waals surface area contributed by atoms with Gasteiger partial charge in [0.1, 0.15) is 0 Å². The third-order valence-corrected chi connectivity index (χ3v) is 3.45. The van der Waals surface area contributed by atoms with Crippen LogP contribution in [0, 0.1) is 16.0 Å². The third-order valence-electron chi connectivity index (χ3n) is 3.45. The van der Waals surface area contributed by atoms with E-state index in [2.05, 4.69) is 14.8 Å². The molecule has 1 aromatic rings. The van der Waals surface area contributed by atoms with Crippen LogP contribution >= 0.6 is 0 Å². The van der Waals surface area contributed by atoms with Crippen LogP contribution in [0.25, 0.3) is 10.4 Å². The average molecular weight is 319 g/mol. The molecule has 0 aliphatic carbocycles. The number of esters is 1. The number of nitrogens with zero attached hydrogens (tertiary/aromatic N) is 5. The van der Waals surface area contributed by atoms with Gasteiger partial charge in [-0.05, 0) is 17.5 Å². The first-order valence-electron chi connectivity index (χ1n) is 6.65. The van der Waals surface area contributed by atoms with E-state index in [0.29, 0.717) is 0 Å². The van der Waals surface area contributed by atoms with Crippen molar-refractivity contribution in [1.82, 2.24) is 0 Å². The molecule has 2 rings (SSSR count). The summed E-state index contributed by atoms with van der Waals surface area (Å²) in [4.78, 5) is 38.1. The fraction of sp³-hybridized carbons (Fsp3) is 0.385. The van der Waals surface area contributed by atoms with Crippen molar-refractivity contribution in [1.29, 1.82) is 0 Å². The predicted octanol–water partition coefficient (Wildman–Crippen LogP) is 2.04. The Labute approximate surface area is 130 Å². The molecule has 1 saturated heterocycles. The van der Waals surface area contributed by atoms with E-state index in [9.17, 15) is 19.7 Å². The number of hydrogen-bond acceptors (Lipinski definition) is 6. The summed E-state index contributed by atoms with van der Waals surface area (Å²) in [5.41, 5.74) is 8.25. The fourth-order valence-corrected chi connectivity index (χ4v) is 2.40. The second kappa shape index (κ2) is 6.75. The number of rotatable bonds is 5. The lowest BCUT2D eigenvalue weighted by Gasteiger charge is -2.17. The van der Waals surface area contributed by atoms with Gasteiger partial charge in [-0.25, -0.2) is 4.79 Å². The molecule has 23 heavy (non-hydrogen) atoms. The van der Waals surface area contributed by atoms with Crippen LogP contribution in [-0.2, 0) is 9.53 Å². The standard InChI is InChI=1S/C13H13N5O5/c1-23-13(20)9-3-10(5-11(4-9)18(21)22)17-7-8(2-12(17)19)6-15-16-14/h3-5,8H,2,6-7H2,1H3. The Morgan fingerprint density at radius 1 is 1.57 bits per heavy atom. The smallest absolute Gasteiger partial charge is 0.338 e. The molecule has 0 aromatic heterocycles. The number of ether oxygens (including phenoxy) is 1. The average Bonchev–Trinajstić information content (AvgIpc) is 2.92. The monoisotopic (exact) mass is 319 g/mol. The molecule has 10 nitrogen and oxygen atoms in total. The Morgan fingerprint density at radius 3 is 2.91 bits per heavy atom. The van der Waals surface area contributed by atoms with E-state index in [-0.39, 0.29) is 48.3 Å². The number of carbonyl (C=O) groups is 2. The van der Waals surface area contributed by atoms with Crippen LogP contribution in [-0.4, -0.2) is 37.0 Å². The molecule has 1 heterocycles. The van der Waals surface area contributed by atoms with E-state index in [1.165, 1.54) is 17.0 Å². The van der Waals surface area contributed by atoms with Crippen LogP contribution in [0.3, 0.4) is 0 Å². The van der Waals surface area contributed by atoms with Crippen molar-refractivity contribution >= 4 is 23.3 Å². The molecule has 0 N–H and O–H groups in total. The van der Waals surface area contributed by atoms with E-state index in [0.717, 1.165) is 13.2 Å². The maximum atomic E-state index is 12.1. The number of benzene rings is 1. The van der Waals surface area contributed by atoms with Crippen LogP contribution < -0.4 is 4.90 Å². The highest BCUT2D eigenvalue weighted by atomic mass is 16.6. The minimum Gasteiger partial charge on any atom is -0.465 e. The van der Waals surface area contributed by atoms with Crippen molar-refractivity contribution < 1.29 is 19.2 Å². The van der Waals surface area contributed by atoms with Gasteiger partial charge in [0.15, 0.2) is 0 Å². The molecular formula is C13H13N5O5. The van der Waals surface area contributed by atoms with E-state index in [4.69, 9.17) is 5.53 Å². The van der Waals surface area contributed by atoms with Gasteiger partial charge in [0.25, 0.3) is 5.69 Å². The van der Waals surface area contributed by atoms with E-state index >= 15 is 0 Å². The van der Waals surface area contributed by atoms with Gasteiger partial charge in [0, 0.05) is 36.6 Å². The van der Waals surface area contributed by atoms with Gasteiger partial charge < -0.3 is 9.64 Å². The topological polar surface area (TPSA) is 139 Å². The Hall–Kier alpha value is -3.13. The zero-order chi connectivity index (χ0) is 17.0. The number of hydrogen-bond donors (Lipinski definition) is 0. The van der Waals surface area contributed by atoms with Crippen molar-refractivity contribution in [3.63, 3.8) is 0 Å². The largest absolute Gasteiger partial charge is 0.465 e. The Morgan fingerprint density at radius 2 is 2.30 bits per heavy atom. The lowest BCUT2D eigenvalue weighted by Crippen LogP contribution is -2.25. The summed E-state index contributed by atoms with van der Waals surface area (Å²) in [7, 11) is 1.16. The summed E-state index contributed by atoms with van der Waals surface area (Å²) >= 11 is 0. The van der Waals surface area contributed by atoms with E-state index in [1.54, 1.807) is 0 Å². The molecule has 120 valence electrons. The second-order valence-corrected chi connectivity index (χ2v) is 4.97. The molecule has 10 heteroatoms. The van der Waals surface area contributed by atoms with Crippen molar-refractivity contribution in [3.05, 3.63) is 44.3 Å². The summed E-state index contributed by atoms with van der Waals surface area (Å²) < 4.78 is 4.57. The molecule has 1 amide bonds. The quantitative estimate of drug-likeness (QED) is 0.204. The van der Waals surface area contributed by atoms with Crippen molar-refractivity contribution in [3.8, 4) is 0 Å². The van der Waals surface area contributed by atoms with Gasteiger partial charge in [-0.2, -0.15) is 0 Å². The molecule has 1 aliphatic heterocycles. The zero-order valence-electron chi connectivity index (χ0n) is 12.2. The molecule has 1 fully saturated rings. The molecule has 1 atom stereocenters. The minimum atomic E-state index is -0.729. The zero-order valence-corrected chi connectivity index (χ0v) is 12.2. The summed E-state index contributed by atoms with van der Waals surface area (Å²) in [6, 6.07) is 3.68. The highest BCUT2D eigenvalue weighted by Crippen LogP contribution is 2.30. The van der Waals surface area contributed by atoms with Crippen molar-refractivity contribution in [2.24, 2.45) is 11.0 Å². The molecule has 0 saturated carbocycles. The summed E-state index contributed by atoms with van der Waals surface area (Å²) in [6.07, 6.45) is 0.176. The van der Waals surface area contributed by atoms with Gasteiger partial charge >= 0.3 is 5.97 Å². The third kappa shape index (κ3) is 3.55. The first-order valence-corrected chi connectivity index (χ1v) is 6.65. The van der Waals surface area contributed by atoms with Crippen LogP contribution in [0.15, 0.2) is 23.3 Å². The number of methoxy groups -OCH3 is 1. The second-order valence-electron chi connectivity index (χ2n) is 4.97. The SMILES string of the molecule is COC(=O)c1cc(N2CC(CN=[N+]=[N-])CC2=O)cc([N+](=O)[O-])c1. The molecular weight excluding hydrogens is 306 g/mol. The molecule has 0 bridgehead atoms.